The van der Waals surface area contributed by atoms with Gasteiger partial charge in [-0.25, -0.2) is 4.39 Å². The molecule has 0 N–H and O–H groups in total. The van der Waals surface area contributed by atoms with Gasteiger partial charge in [0.25, 0.3) is 0 Å². The van der Waals surface area contributed by atoms with Crippen LogP contribution in [0, 0.1) is 11.2 Å². The third-order valence-electron chi connectivity index (χ3n) is 7.45. The number of Topliss-reactive ketones (excluding diaryl/α,β-unsaturated/α-hetero) is 1. The number of benzene rings is 2. The molecular formula is C29H25F4NO2. The number of carbonyl (C=O) groups excluding carboxylic acids is 2. The normalized spacial score (nSPS) is 16.7. The van der Waals surface area contributed by atoms with Gasteiger partial charge in [-0.05, 0) is 60.4 Å². The Morgan fingerprint density at radius 2 is 1.58 bits per heavy atom. The molecule has 0 saturated heterocycles. The average Bonchev–Trinajstić information content (AvgIpc) is 2.81. The summed E-state index contributed by atoms with van der Waals surface area (Å²) in [5, 5.41) is 0. The predicted molar refractivity (Wildman–Crippen MR) is 128 cm³/mol. The van der Waals surface area contributed by atoms with Crippen LogP contribution in [0.15, 0.2) is 48.5 Å². The number of hydrogen-bond donors (Lipinski definition) is 0. The van der Waals surface area contributed by atoms with Gasteiger partial charge in [0.1, 0.15) is 5.82 Å². The lowest BCUT2D eigenvalue weighted by Gasteiger charge is -2.45. The highest BCUT2D eigenvalue weighted by Gasteiger charge is 2.45. The molecule has 186 valence electrons. The monoisotopic (exact) mass is 495 g/mol. The van der Waals surface area contributed by atoms with Crippen LogP contribution < -0.4 is 0 Å². The molecule has 1 aromatic heterocycles. The topological polar surface area (TPSA) is 47.0 Å². The van der Waals surface area contributed by atoms with E-state index in [-0.39, 0.29) is 28.2 Å². The summed E-state index contributed by atoms with van der Waals surface area (Å²) in [5.74, 6) is -1.27. The maximum atomic E-state index is 13.9. The van der Waals surface area contributed by atoms with Crippen molar-refractivity contribution in [2.75, 3.05) is 0 Å². The van der Waals surface area contributed by atoms with Gasteiger partial charge in [-0.15, -0.1) is 0 Å². The number of pyridine rings is 1. The van der Waals surface area contributed by atoms with Crippen molar-refractivity contribution in [1.82, 2.24) is 4.98 Å². The van der Waals surface area contributed by atoms with E-state index in [1.807, 2.05) is 13.8 Å². The summed E-state index contributed by atoms with van der Waals surface area (Å²) in [6.45, 7) is 3.77. The van der Waals surface area contributed by atoms with Gasteiger partial charge in [0, 0.05) is 23.1 Å². The van der Waals surface area contributed by atoms with E-state index in [4.69, 9.17) is 4.98 Å². The van der Waals surface area contributed by atoms with E-state index in [1.54, 1.807) is 0 Å². The van der Waals surface area contributed by atoms with Crippen molar-refractivity contribution < 1.29 is 27.2 Å². The first-order chi connectivity index (χ1) is 17.0. The lowest BCUT2D eigenvalue weighted by atomic mass is 9.59. The fourth-order valence-corrected chi connectivity index (χ4v) is 5.47. The maximum Gasteiger partial charge on any atom is 0.416 e. The first kappa shape index (κ1) is 24.3. The molecule has 7 heteroatoms. The van der Waals surface area contributed by atoms with Gasteiger partial charge < -0.3 is 0 Å². The van der Waals surface area contributed by atoms with Crippen LogP contribution >= 0.6 is 0 Å². The van der Waals surface area contributed by atoms with Gasteiger partial charge in [0.15, 0.2) is 11.6 Å². The largest absolute Gasteiger partial charge is 0.416 e. The Balaban J connectivity index is 1.75. The first-order valence-electron chi connectivity index (χ1n) is 12.1. The minimum atomic E-state index is -4.53. The molecule has 1 spiro atoms. The molecule has 1 saturated carbocycles. The second-order valence-corrected chi connectivity index (χ2v) is 10.3. The zero-order chi connectivity index (χ0) is 25.8. The first-order valence-corrected chi connectivity index (χ1v) is 12.1. The molecular weight excluding hydrogens is 470 g/mol. The molecule has 5 rings (SSSR count). The highest BCUT2D eigenvalue weighted by Crippen LogP contribution is 2.52. The standard InChI is InChI=1S/C29H25F4NO2/c1-16(2)26-25(27(36)18-4-8-19(9-5-18)29(31,32)33)23(17-6-10-20(30)11-7-17)24-21(34-26)14-28(12-3-13-28)15-22(24)35/h4-11,16H,3,12-15H2,1-2H3. The van der Waals surface area contributed by atoms with Crippen LogP contribution in [0.1, 0.15) is 88.7 Å². The van der Waals surface area contributed by atoms with Crippen molar-refractivity contribution in [2.24, 2.45) is 5.41 Å². The molecule has 0 amide bonds. The number of nitrogens with zero attached hydrogens (tertiary/aromatic N) is 1. The van der Waals surface area contributed by atoms with Gasteiger partial charge in [-0.1, -0.05) is 44.5 Å². The highest BCUT2D eigenvalue weighted by molar-refractivity contribution is 6.17. The Kier molecular flexibility index (Phi) is 5.85. The van der Waals surface area contributed by atoms with Crippen molar-refractivity contribution >= 4 is 11.6 Å². The quantitative estimate of drug-likeness (QED) is 0.277. The number of ketones is 2. The van der Waals surface area contributed by atoms with Gasteiger partial charge in [0.2, 0.25) is 0 Å². The second-order valence-electron chi connectivity index (χ2n) is 10.3. The Hall–Kier alpha value is -3.35. The van der Waals surface area contributed by atoms with E-state index in [2.05, 4.69) is 0 Å². The van der Waals surface area contributed by atoms with Crippen molar-refractivity contribution in [1.29, 1.82) is 0 Å². The molecule has 1 heterocycles. The van der Waals surface area contributed by atoms with E-state index >= 15 is 0 Å². The van der Waals surface area contributed by atoms with Gasteiger partial charge in [-0.2, -0.15) is 13.2 Å². The molecule has 0 aliphatic heterocycles. The minimum absolute atomic E-state index is 0.0636. The van der Waals surface area contributed by atoms with Crippen molar-refractivity contribution in [2.45, 2.75) is 58.0 Å². The minimum Gasteiger partial charge on any atom is -0.294 e. The summed E-state index contributed by atoms with van der Waals surface area (Å²) in [7, 11) is 0. The maximum absolute atomic E-state index is 13.9. The van der Waals surface area contributed by atoms with E-state index in [0.29, 0.717) is 40.9 Å². The van der Waals surface area contributed by atoms with E-state index in [1.165, 1.54) is 24.3 Å². The van der Waals surface area contributed by atoms with Crippen LogP contribution in [0.5, 0.6) is 0 Å². The summed E-state index contributed by atoms with van der Waals surface area (Å²) in [6, 6.07) is 9.63. The molecule has 3 nitrogen and oxygen atoms in total. The molecule has 2 aliphatic rings. The third kappa shape index (κ3) is 4.14. The van der Waals surface area contributed by atoms with Gasteiger partial charge in [-0.3, -0.25) is 14.6 Å². The molecule has 0 bridgehead atoms. The van der Waals surface area contributed by atoms with Crippen LogP contribution in [-0.4, -0.2) is 16.6 Å². The zero-order valence-electron chi connectivity index (χ0n) is 20.0. The molecule has 1 fully saturated rings. The van der Waals surface area contributed by atoms with Crippen LogP contribution in [0.2, 0.25) is 0 Å². The third-order valence-corrected chi connectivity index (χ3v) is 7.45. The number of fused-ring (bicyclic) bond motifs is 1. The second kappa shape index (κ2) is 8.64. The Morgan fingerprint density at radius 3 is 2.11 bits per heavy atom. The van der Waals surface area contributed by atoms with Crippen molar-refractivity contribution in [3.05, 3.63) is 88.0 Å². The molecule has 2 aliphatic carbocycles. The summed E-state index contributed by atoms with van der Waals surface area (Å²) in [6.07, 6.45) is -0.554. The average molecular weight is 496 g/mol. The summed E-state index contributed by atoms with van der Waals surface area (Å²) in [4.78, 5) is 32.3. The molecule has 3 aromatic rings. The molecule has 0 atom stereocenters. The van der Waals surface area contributed by atoms with E-state index in [0.717, 1.165) is 43.5 Å². The predicted octanol–water partition coefficient (Wildman–Crippen LogP) is 7.56. The molecule has 0 unspecified atom stereocenters. The highest BCUT2D eigenvalue weighted by atomic mass is 19.4. The number of halogens is 4. The zero-order valence-corrected chi connectivity index (χ0v) is 20.0. The van der Waals surface area contributed by atoms with Crippen LogP contribution in [0.25, 0.3) is 11.1 Å². The Bertz CT molecular complexity index is 1350. The van der Waals surface area contributed by atoms with Gasteiger partial charge >= 0.3 is 6.18 Å². The van der Waals surface area contributed by atoms with Crippen LogP contribution in [0.3, 0.4) is 0 Å². The summed E-state index contributed by atoms with van der Waals surface area (Å²) >= 11 is 0. The van der Waals surface area contributed by atoms with Crippen molar-refractivity contribution in [3.8, 4) is 11.1 Å². The number of hydrogen-bond acceptors (Lipinski definition) is 3. The fraction of sp³-hybridized carbons (Fsp3) is 0.345. The fourth-order valence-electron chi connectivity index (χ4n) is 5.47. The van der Waals surface area contributed by atoms with Crippen LogP contribution in [0.4, 0.5) is 17.6 Å². The Labute approximate surface area is 206 Å². The number of alkyl halides is 3. The SMILES string of the molecule is CC(C)c1nc2c(c(-c3ccc(F)cc3)c1C(=O)c1ccc(C(F)(F)F)cc1)C(=O)CC1(CCC1)C2. The lowest BCUT2D eigenvalue weighted by molar-refractivity contribution is -0.137. The summed E-state index contributed by atoms with van der Waals surface area (Å²) < 4.78 is 53.1. The number of carbonyl (C=O) groups is 2. The van der Waals surface area contributed by atoms with E-state index in [9.17, 15) is 27.2 Å². The van der Waals surface area contributed by atoms with Crippen molar-refractivity contribution in [3.63, 3.8) is 0 Å². The molecule has 36 heavy (non-hydrogen) atoms. The molecule has 2 aromatic carbocycles. The smallest absolute Gasteiger partial charge is 0.294 e. The lowest BCUT2D eigenvalue weighted by Crippen LogP contribution is -2.39. The Morgan fingerprint density at radius 1 is 0.944 bits per heavy atom. The van der Waals surface area contributed by atoms with Gasteiger partial charge in [0.05, 0.1) is 22.5 Å². The summed E-state index contributed by atoms with van der Waals surface area (Å²) in [5.41, 5.74) is 1.72. The van der Waals surface area contributed by atoms with Crippen LogP contribution in [-0.2, 0) is 12.6 Å². The molecule has 0 radical (unpaired) electrons. The number of aromatic nitrogens is 1. The van der Waals surface area contributed by atoms with E-state index < -0.39 is 23.3 Å². The number of rotatable bonds is 4.